The highest BCUT2D eigenvalue weighted by Gasteiger charge is 2.30. The molecule has 3 N–H and O–H groups in total. The Hall–Kier alpha value is -1.55. The third-order valence-electron chi connectivity index (χ3n) is 3.69. The summed E-state index contributed by atoms with van der Waals surface area (Å²) >= 11 is 0. The molecule has 1 fully saturated rings. The Kier molecular flexibility index (Phi) is 4.80. The van der Waals surface area contributed by atoms with Crippen LogP contribution in [0.15, 0.2) is 24.3 Å². The van der Waals surface area contributed by atoms with Crippen molar-refractivity contribution in [3.05, 3.63) is 29.8 Å². The second kappa shape index (κ2) is 6.57. The van der Waals surface area contributed by atoms with E-state index in [2.05, 4.69) is 5.32 Å². The van der Waals surface area contributed by atoms with Crippen LogP contribution in [0, 0.1) is 5.92 Å². The zero-order valence-electron chi connectivity index (χ0n) is 11.0. The number of carbonyl (C=O) groups is 1. The standard InChI is InChI=1S/C15H21NO3/c17-12-8-6-11(7-9-12)3-2-10-16-15(19)13-4-1-5-14(13)18/h6-9,13-14,17-18H,1-5,10H2,(H,16,19). The summed E-state index contributed by atoms with van der Waals surface area (Å²) in [5.41, 5.74) is 1.15. The van der Waals surface area contributed by atoms with Crippen LogP contribution in [0.3, 0.4) is 0 Å². The van der Waals surface area contributed by atoms with Gasteiger partial charge < -0.3 is 15.5 Å². The minimum atomic E-state index is -0.461. The van der Waals surface area contributed by atoms with Crippen LogP contribution in [-0.4, -0.2) is 28.8 Å². The fourth-order valence-electron chi connectivity index (χ4n) is 2.54. The van der Waals surface area contributed by atoms with Crippen LogP contribution < -0.4 is 5.32 Å². The summed E-state index contributed by atoms with van der Waals surface area (Å²) < 4.78 is 0. The third kappa shape index (κ3) is 3.96. The van der Waals surface area contributed by atoms with Crippen molar-refractivity contribution in [1.82, 2.24) is 5.32 Å². The Bertz CT molecular complexity index is 416. The minimum absolute atomic E-state index is 0.0179. The smallest absolute Gasteiger partial charge is 0.225 e. The fraction of sp³-hybridized carbons (Fsp3) is 0.533. The first kappa shape index (κ1) is 13.9. The molecular formula is C15H21NO3. The van der Waals surface area contributed by atoms with E-state index in [1.165, 1.54) is 0 Å². The van der Waals surface area contributed by atoms with E-state index >= 15 is 0 Å². The number of hydrogen-bond acceptors (Lipinski definition) is 3. The van der Waals surface area contributed by atoms with Crippen LogP contribution in [-0.2, 0) is 11.2 Å². The molecule has 0 bridgehead atoms. The summed E-state index contributed by atoms with van der Waals surface area (Å²) in [6, 6.07) is 7.11. The molecule has 0 aliphatic heterocycles. The van der Waals surface area contributed by atoms with E-state index < -0.39 is 6.10 Å². The normalized spacial score (nSPS) is 22.4. The minimum Gasteiger partial charge on any atom is -0.508 e. The van der Waals surface area contributed by atoms with E-state index in [0.29, 0.717) is 6.54 Å². The molecule has 0 radical (unpaired) electrons. The lowest BCUT2D eigenvalue weighted by molar-refractivity contribution is -0.127. The quantitative estimate of drug-likeness (QED) is 0.707. The van der Waals surface area contributed by atoms with Gasteiger partial charge in [0.2, 0.25) is 5.91 Å². The zero-order chi connectivity index (χ0) is 13.7. The molecule has 104 valence electrons. The largest absolute Gasteiger partial charge is 0.508 e. The molecule has 0 saturated heterocycles. The van der Waals surface area contributed by atoms with Crippen molar-refractivity contribution in [3.63, 3.8) is 0 Å². The first-order chi connectivity index (χ1) is 9.16. The van der Waals surface area contributed by atoms with Gasteiger partial charge in [-0.05, 0) is 49.8 Å². The van der Waals surface area contributed by atoms with Crippen molar-refractivity contribution >= 4 is 5.91 Å². The summed E-state index contributed by atoms with van der Waals surface area (Å²) in [6.07, 6.45) is 3.74. The first-order valence-electron chi connectivity index (χ1n) is 6.90. The number of nitrogens with one attached hydrogen (secondary N) is 1. The maximum absolute atomic E-state index is 11.8. The number of rotatable bonds is 5. The number of hydrogen-bond donors (Lipinski definition) is 3. The van der Waals surface area contributed by atoms with Crippen LogP contribution in [0.4, 0.5) is 0 Å². The molecule has 1 aromatic carbocycles. The molecule has 1 aromatic rings. The number of aryl methyl sites for hydroxylation is 1. The maximum Gasteiger partial charge on any atom is 0.225 e. The molecule has 1 aliphatic carbocycles. The molecular weight excluding hydrogens is 242 g/mol. The molecule has 4 heteroatoms. The van der Waals surface area contributed by atoms with Crippen molar-refractivity contribution < 1.29 is 15.0 Å². The Morgan fingerprint density at radius 2 is 2.00 bits per heavy atom. The summed E-state index contributed by atoms with van der Waals surface area (Å²) in [7, 11) is 0. The van der Waals surface area contributed by atoms with Gasteiger partial charge in [-0.25, -0.2) is 0 Å². The van der Waals surface area contributed by atoms with Gasteiger partial charge in [0, 0.05) is 6.54 Å². The Morgan fingerprint density at radius 1 is 1.26 bits per heavy atom. The van der Waals surface area contributed by atoms with E-state index in [-0.39, 0.29) is 17.6 Å². The molecule has 2 atom stereocenters. The number of amides is 1. The summed E-state index contributed by atoms with van der Waals surface area (Å²) in [5, 5.41) is 21.7. The highest BCUT2D eigenvalue weighted by molar-refractivity contribution is 5.79. The molecule has 0 aromatic heterocycles. The number of phenolic OH excluding ortho intramolecular Hbond substituents is 1. The van der Waals surface area contributed by atoms with Crippen molar-refractivity contribution in [1.29, 1.82) is 0 Å². The Balaban J connectivity index is 1.66. The number of benzene rings is 1. The average Bonchev–Trinajstić information content (AvgIpc) is 2.83. The summed E-state index contributed by atoms with van der Waals surface area (Å²) in [4.78, 5) is 11.8. The van der Waals surface area contributed by atoms with Crippen LogP contribution in [0.2, 0.25) is 0 Å². The second-order valence-corrected chi connectivity index (χ2v) is 5.17. The van der Waals surface area contributed by atoms with Crippen LogP contribution in [0.25, 0.3) is 0 Å². The highest BCUT2D eigenvalue weighted by Crippen LogP contribution is 2.25. The number of carbonyl (C=O) groups excluding carboxylic acids is 1. The van der Waals surface area contributed by atoms with E-state index in [1.807, 2.05) is 12.1 Å². The zero-order valence-corrected chi connectivity index (χ0v) is 11.0. The molecule has 19 heavy (non-hydrogen) atoms. The predicted molar refractivity (Wildman–Crippen MR) is 72.8 cm³/mol. The molecule has 1 amide bonds. The molecule has 2 rings (SSSR count). The third-order valence-corrected chi connectivity index (χ3v) is 3.69. The van der Waals surface area contributed by atoms with E-state index in [4.69, 9.17) is 5.11 Å². The van der Waals surface area contributed by atoms with Crippen molar-refractivity contribution in [2.24, 2.45) is 5.92 Å². The fourth-order valence-corrected chi connectivity index (χ4v) is 2.54. The van der Waals surface area contributed by atoms with Gasteiger partial charge in [-0.3, -0.25) is 4.79 Å². The summed E-state index contributed by atoms with van der Waals surface area (Å²) in [5.74, 6) is 0.0386. The lowest BCUT2D eigenvalue weighted by Gasteiger charge is -2.14. The molecule has 2 unspecified atom stereocenters. The van der Waals surface area contributed by atoms with Gasteiger partial charge in [0.05, 0.1) is 12.0 Å². The number of phenols is 1. The average molecular weight is 263 g/mol. The van der Waals surface area contributed by atoms with Crippen LogP contribution >= 0.6 is 0 Å². The van der Waals surface area contributed by atoms with E-state index in [1.54, 1.807) is 12.1 Å². The molecule has 4 nitrogen and oxygen atoms in total. The lowest BCUT2D eigenvalue weighted by Crippen LogP contribution is -2.35. The van der Waals surface area contributed by atoms with Crippen molar-refractivity contribution in [2.45, 2.75) is 38.2 Å². The highest BCUT2D eigenvalue weighted by atomic mass is 16.3. The molecule has 1 saturated carbocycles. The van der Waals surface area contributed by atoms with Gasteiger partial charge in [-0.2, -0.15) is 0 Å². The first-order valence-corrected chi connectivity index (χ1v) is 6.90. The van der Waals surface area contributed by atoms with Crippen molar-refractivity contribution in [2.75, 3.05) is 6.54 Å². The number of aliphatic hydroxyl groups excluding tert-OH is 1. The van der Waals surface area contributed by atoms with E-state index in [9.17, 15) is 9.90 Å². The maximum atomic E-state index is 11.8. The van der Waals surface area contributed by atoms with Gasteiger partial charge in [0.15, 0.2) is 0 Å². The topological polar surface area (TPSA) is 69.6 Å². The van der Waals surface area contributed by atoms with Crippen LogP contribution in [0.1, 0.15) is 31.2 Å². The molecule has 0 heterocycles. The summed E-state index contributed by atoms with van der Waals surface area (Å²) in [6.45, 7) is 0.628. The Morgan fingerprint density at radius 3 is 2.63 bits per heavy atom. The van der Waals surface area contributed by atoms with E-state index in [0.717, 1.165) is 37.7 Å². The number of aliphatic hydroxyl groups is 1. The predicted octanol–water partition coefficient (Wildman–Crippen LogP) is 1.60. The second-order valence-electron chi connectivity index (χ2n) is 5.17. The van der Waals surface area contributed by atoms with Crippen LogP contribution in [0.5, 0.6) is 5.75 Å². The monoisotopic (exact) mass is 263 g/mol. The van der Waals surface area contributed by atoms with Crippen molar-refractivity contribution in [3.8, 4) is 5.75 Å². The Labute approximate surface area is 113 Å². The lowest BCUT2D eigenvalue weighted by atomic mass is 10.1. The SMILES string of the molecule is O=C(NCCCc1ccc(O)cc1)C1CCCC1O. The molecule has 1 aliphatic rings. The number of aromatic hydroxyl groups is 1. The molecule has 0 spiro atoms. The van der Waals surface area contributed by atoms with Gasteiger partial charge >= 0.3 is 0 Å². The van der Waals surface area contributed by atoms with Gasteiger partial charge in [-0.1, -0.05) is 12.1 Å². The van der Waals surface area contributed by atoms with Gasteiger partial charge in [0.1, 0.15) is 5.75 Å². The van der Waals surface area contributed by atoms with Gasteiger partial charge in [-0.15, -0.1) is 0 Å². The van der Waals surface area contributed by atoms with Gasteiger partial charge in [0.25, 0.3) is 0 Å².